The number of amides is 1. The fourth-order valence-electron chi connectivity index (χ4n) is 8.20. The molecule has 0 bridgehead atoms. The minimum absolute atomic E-state index is 0. The number of carbonyl (C=O) groups is 2. The highest BCUT2D eigenvalue weighted by Crippen LogP contribution is 2.66. The number of rotatable bonds is 4. The lowest BCUT2D eigenvalue weighted by molar-refractivity contribution is -0.684. The molecule has 5 rings (SSSR count). The van der Waals surface area contributed by atoms with Gasteiger partial charge in [0, 0.05) is 18.1 Å². The summed E-state index contributed by atoms with van der Waals surface area (Å²) in [6.07, 6.45) is 15.2. The fraction of sp³-hybridized carbons (Fsp3) is 0.643. The van der Waals surface area contributed by atoms with E-state index >= 15 is 0 Å². The van der Waals surface area contributed by atoms with Gasteiger partial charge in [0.25, 0.3) is 0 Å². The molecule has 184 valence electrons. The summed E-state index contributed by atoms with van der Waals surface area (Å²) in [4.78, 5) is 24.7. The van der Waals surface area contributed by atoms with Gasteiger partial charge >= 0.3 is 5.91 Å². The Hall–Kier alpha value is -2.01. The van der Waals surface area contributed by atoms with Crippen molar-refractivity contribution in [1.82, 2.24) is 5.43 Å². The third-order valence-corrected chi connectivity index (χ3v) is 9.90. The van der Waals surface area contributed by atoms with E-state index in [4.69, 9.17) is 0 Å². The van der Waals surface area contributed by atoms with Crippen LogP contribution in [-0.4, -0.2) is 17.4 Å². The van der Waals surface area contributed by atoms with E-state index in [0.29, 0.717) is 17.6 Å². The molecule has 3 fully saturated rings. The van der Waals surface area contributed by atoms with Gasteiger partial charge in [0.05, 0.1) is 5.71 Å². The second-order valence-corrected chi connectivity index (χ2v) is 11.5. The maximum Gasteiger partial charge on any atom is 0.305 e. The summed E-state index contributed by atoms with van der Waals surface area (Å²) in [5, 5.41) is 4.49. The first-order chi connectivity index (χ1) is 15.8. The number of pyridine rings is 1. The van der Waals surface area contributed by atoms with Crippen LogP contribution >= 0.6 is 0 Å². The largest absolute Gasteiger partial charge is 1.00 e. The summed E-state index contributed by atoms with van der Waals surface area (Å²) >= 11 is 0. The lowest BCUT2D eigenvalue weighted by Gasteiger charge is -2.58. The standard InChI is InChI=1S/C28H37N3O2.ClH/c1-19(32)23-9-10-24-22-8-7-20-17-21(29-30-26(33)18-31-15-5-4-6-16-31)11-13-27(20,2)25(22)12-14-28(23,24)3;/h4-6,15-17,22-25H,7-14,18H2,1-3H3;1H/b29-21-;/t22?,23-,24?,25?,27+,28-;/m1./s1. The molecule has 3 saturated carbocycles. The summed E-state index contributed by atoms with van der Waals surface area (Å²) < 4.78 is 1.85. The second kappa shape index (κ2) is 9.56. The van der Waals surface area contributed by atoms with Gasteiger partial charge in [0.15, 0.2) is 12.4 Å². The molecule has 1 aromatic rings. The number of allylic oxidation sites excluding steroid dienone is 2. The van der Waals surface area contributed by atoms with E-state index in [1.54, 1.807) is 0 Å². The molecule has 0 aromatic carbocycles. The number of nitrogens with one attached hydrogen (secondary N) is 1. The highest BCUT2D eigenvalue weighted by atomic mass is 35.5. The van der Waals surface area contributed by atoms with Gasteiger partial charge < -0.3 is 12.4 Å². The molecule has 6 heteroatoms. The predicted molar refractivity (Wildman–Crippen MR) is 128 cm³/mol. The smallest absolute Gasteiger partial charge is 0.305 e. The topological polar surface area (TPSA) is 62.4 Å². The molecule has 1 amide bonds. The maximum atomic E-state index is 12.4. The van der Waals surface area contributed by atoms with Crippen LogP contribution in [-0.2, 0) is 16.1 Å². The monoisotopic (exact) mass is 483 g/mol. The van der Waals surface area contributed by atoms with E-state index < -0.39 is 0 Å². The van der Waals surface area contributed by atoms with Gasteiger partial charge in [0.2, 0.25) is 6.54 Å². The van der Waals surface area contributed by atoms with E-state index in [0.717, 1.165) is 37.3 Å². The van der Waals surface area contributed by atoms with Crippen molar-refractivity contribution in [2.45, 2.75) is 78.7 Å². The molecule has 1 aromatic heterocycles. The molecule has 4 aliphatic rings. The van der Waals surface area contributed by atoms with Crippen molar-refractivity contribution >= 4 is 17.4 Å². The molecule has 4 aliphatic carbocycles. The van der Waals surface area contributed by atoms with Gasteiger partial charge in [-0.1, -0.05) is 25.5 Å². The Balaban J connectivity index is 0.00000274. The van der Waals surface area contributed by atoms with Crippen molar-refractivity contribution in [3.05, 3.63) is 42.2 Å². The van der Waals surface area contributed by atoms with Gasteiger partial charge in [-0.05, 0) is 93.0 Å². The summed E-state index contributed by atoms with van der Waals surface area (Å²) in [6, 6.07) is 5.78. The molecule has 0 aliphatic heterocycles. The van der Waals surface area contributed by atoms with E-state index in [1.165, 1.54) is 31.3 Å². The summed E-state index contributed by atoms with van der Waals surface area (Å²) in [6.45, 7) is 6.99. The fourth-order valence-corrected chi connectivity index (χ4v) is 8.20. The van der Waals surface area contributed by atoms with Crippen LogP contribution in [0.25, 0.3) is 0 Å². The van der Waals surface area contributed by atoms with Gasteiger partial charge in [-0.25, -0.2) is 5.43 Å². The van der Waals surface area contributed by atoms with Crippen LogP contribution in [0, 0.1) is 34.5 Å². The number of aromatic nitrogens is 1. The Kier molecular flexibility index (Phi) is 7.06. The van der Waals surface area contributed by atoms with Crippen LogP contribution in [0.5, 0.6) is 0 Å². The first kappa shape index (κ1) is 25.1. The van der Waals surface area contributed by atoms with E-state index in [2.05, 4.69) is 30.5 Å². The van der Waals surface area contributed by atoms with Crippen LogP contribution in [0.2, 0.25) is 0 Å². The number of ketones is 1. The molecule has 0 radical (unpaired) electrons. The molecule has 34 heavy (non-hydrogen) atoms. The SMILES string of the molecule is CC(=O)[C@H]1CCC2C3CCC4=C/C(=N\NC(=O)C[n+]5ccccc5)CC[C@]4(C)C3CC[C@@]21C.[Cl-]. The molecule has 3 unspecified atom stereocenters. The van der Waals surface area contributed by atoms with Gasteiger partial charge in [-0.3, -0.25) is 9.59 Å². The number of hydrogen-bond acceptors (Lipinski definition) is 3. The Morgan fingerprint density at radius 1 is 1.03 bits per heavy atom. The molecule has 5 nitrogen and oxygen atoms in total. The summed E-state index contributed by atoms with van der Waals surface area (Å²) in [5.41, 5.74) is 5.76. The lowest BCUT2D eigenvalue weighted by Crippen LogP contribution is -3.00. The minimum atomic E-state index is -0.0954. The average Bonchev–Trinajstić information content (AvgIpc) is 3.16. The van der Waals surface area contributed by atoms with Crippen LogP contribution < -0.4 is 22.4 Å². The van der Waals surface area contributed by atoms with Crippen molar-refractivity contribution < 1.29 is 26.6 Å². The van der Waals surface area contributed by atoms with Crippen molar-refractivity contribution in [3.8, 4) is 0 Å². The summed E-state index contributed by atoms with van der Waals surface area (Å²) in [5.74, 6) is 2.75. The van der Waals surface area contributed by atoms with Crippen LogP contribution in [0.4, 0.5) is 0 Å². The molecular formula is C28H38ClN3O2. The molecule has 0 saturated heterocycles. The maximum absolute atomic E-state index is 12.4. The Labute approximate surface area is 209 Å². The number of nitrogens with zero attached hydrogens (tertiary/aromatic N) is 2. The molecule has 6 atom stereocenters. The zero-order chi connectivity index (χ0) is 23.2. The van der Waals surface area contributed by atoms with Crippen molar-refractivity contribution in [1.29, 1.82) is 0 Å². The molecule has 0 spiro atoms. The highest BCUT2D eigenvalue weighted by molar-refractivity contribution is 5.97. The van der Waals surface area contributed by atoms with Crippen molar-refractivity contribution in [3.63, 3.8) is 0 Å². The zero-order valence-electron chi connectivity index (χ0n) is 20.7. The normalized spacial score (nSPS) is 37.5. The van der Waals surface area contributed by atoms with Crippen LogP contribution in [0.1, 0.15) is 72.1 Å². The Morgan fingerprint density at radius 2 is 1.79 bits per heavy atom. The number of fused-ring (bicyclic) bond motifs is 5. The molecule has 1 heterocycles. The number of carbonyl (C=O) groups excluding carboxylic acids is 2. The van der Waals surface area contributed by atoms with Crippen molar-refractivity contribution in [2.24, 2.45) is 39.6 Å². The van der Waals surface area contributed by atoms with Gasteiger partial charge in [-0.15, -0.1) is 0 Å². The highest BCUT2D eigenvalue weighted by Gasteiger charge is 2.59. The van der Waals surface area contributed by atoms with Gasteiger partial charge in [-0.2, -0.15) is 9.67 Å². The van der Waals surface area contributed by atoms with Crippen LogP contribution in [0.3, 0.4) is 0 Å². The lowest BCUT2D eigenvalue weighted by atomic mass is 9.46. The number of Topliss-reactive ketones (excluding diaryl/α,β-unsaturated/α-hetero) is 1. The number of hydrogen-bond donors (Lipinski definition) is 1. The van der Waals surface area contributed by atoms with E-state index in [-0.39, 0.29) is 41.6 Å². The van der Waals surface area contributed by atoms with Crippen molar-refractivity contribution in [2.75, 3.05) is 0 Å². The summed E-state index contributed by atoms with van der Waals surface area (Å²) in [7, 11) is 0. The molecular weight excluding hydrogens is 446 g/mol. The van der Waals surface area contributed by atoms with E-state index in [9.17, 15) is 9.59 Å². The zero-order valence-corrected chi connectivity index (χ0v) is 21.5. The number of hydrazone groups is 1. The molecule has 1 N–H and O–H groups in total. The quantitative estimate of drug-likeness (QED) is 0.522. The Morgan fingerprint density at radius 3 is 2.53 bits per heavy atom. The average molecular weight is 484 g/mol. The van der Waals surface area contributed by atoms with E-state index in [1.807, 2.05) is 42.1 Å². The predicted octanol–water partition coefficient (Wildman–Crippen LogP) is 1.62. The third kappa shape index (κ3) is 4.25. The first-order valence-electron chi connectivity index (χ1n) is 12.8. The Bertz CT molecular complexity index is 1010. The van der Waals surface area contributed by atoms with Crippen LogP contribution in [0.15, 0.2) is 47.3 Å². The first-order valence-corrected chi connectivity index (χ1v) is 12.8. The number of halogens is 1. The minimum Gasteiger partial charge on any atom is -1.00 e. The second-order valence-electron chi connectivity index (χ2n) is 11.5. The van der Waals surface area contributed by atoms with Gasteiger partial charge in [0.1, 0.15) is 5.78 Å². The third-order valence-electron chi connectivity index (χ3n) is 9.90.